The van der Waals surface area contributed by atoms with Crippen LogP contribution in [0.3, 0.4) is 0 Å². The highest BCUT2D eigenvalue weighted by Gasteiger charge is 2.14. The molecule has 23 heavy (non-hydrogen) atoms. The zero-order chi connectivity index (χ0) is 16.2. The second-order valence-electron chi connectivity index (χ2n) is 5.56. The van der Waals surface area contributed by atoms with Crippen LogP contribution >= 0.6 is 0 Å². The average Bonchev–Trinajstić information content (AvgIpc) is 3.25. The molecule has 2 N–H and O–H groups in total. The van der Waals surface area contributed by atoms with Gasteiger partial charge in [0.25, 0.3) is 0 Å². The third-order valence-corrected chi connectivity index (χ3v) is 3.68. The minimum atomic E-state index is 0.266. The molecule has 1 fully saturated rings. The molecule has 0 aromatic carbocycles. The lowest BCUT2D eigenvalue weighted by atomic mass is 10.2. The van der Waals surface area contributed by atoms with Gasteiger partial charge in [-0.2, -0.15) is 0 Å². The van der Waals surface area contributed by atoms with Crippen LogP contribution in [0.15, 0.2) is 27.8 Å². The molecule has 0 bridgehead atoms. The van der Waals surface area contributed by atoms with Gasteiger partial charge in [-0.15, -0.1) is 0 Å². The van der Waals surface area contributed by atoms with Crippen molar-refractivity contribution in [2.24, 2.45) is 4.99 Å². The van der Waals surface area contributed by atoms with Crippen LogP contribution in [0.2, 0.25) is 0 Å². The monoisotopic (exact) mass is 323 g/mol. The Morgan fingerprint density at radius 1 is 1.39 bits per heavy atom. The Balaban J connectivity index is 1.71. The Bertz CT molecular complexity index is 428. The lowest BCUT2D eigenvalue weighted by molar-refractivity contribution is 0.117. The molecule has 1 aromatic rings. The zero-order valence-corrected chi connectivity index (χ0v) is 14.1. The van der Waals surface area contributed by atoms with Gasteiger partial charge in [0, 0.05) is 39.3 Å². The first-order chi connectivity index (χ1) is 11.4. The molecule has 0 amide bonds. The standard InChI is InChI=1S/C17H29N3O3/c1-2-21-11-5-9-18-17(20-14-16-7-4-13-23-16)19-10-8-15-6-3-12-22-15/h3,6,12,16H,2,4-5,7-11,13-14H2,1H3,(H2,18,19,20). The van der Waals surface area contributed by atoms with Gasteiger partial charge in [-0.3, -0.25) is 4.99 Å². The number of aliphatic imine (C=N–C) groups is 1. The molecular weight excluding hydrogens is 294 g/mol. The topological polar surface area (TPSA) is 68.0 Å². The molecule has 0 radical (unpaired) electrons. The maximum Gasteiger partial charge on any atom is 0.191 e. The van der Waals surface area contributed by atoms with Gasteiger partial charge in [-0.1, -0.05) is 0 Å². The number of nitrogens with zero attached hydrogens (tertiary/aromatic N) is 1. The number of ether oxygens (including phenoxy) is 2. The van der Waals surface area contributed by atoms with E-state index >= 15 is 0 Å². The van der Waals surface area contributed by atoms with Gasteiger partial charge in [0.1, 0.15) is 5.76 Å². The highest BCUT2D eigenvalue weighted by atomic mass is 16.5. The van der Waals surface area contributed by atoms with Crippen molar-refractivity contribution in [1.29, 1.82) is 0 Å². The molecule has 2 rings (SSSR count). The fraction of sp³-hybridized carbons (Fsp3) is 0.706. The van der Waals surface area contributed by atoms with Crippen LogP contribution in [0.1, 0.15) is 31.9 Å². The van der Waals surface area contributed by atoms with Crippen LogP contribution in [0, 0.1) is 0 Å². The first-order valence-electron chi connectivity index (χ1n) is 8.62. The summed E-state index contributed by atoms with van der Waals surface area (Å²) in [5, 5.41) is 6.71. The van der Waals surface area contributed by atoms with E-state index in [4.69, 9.17) is 13.9 Å². The lowest BCUT2D eigenvalue weighted by Crippen LogP contribution is -2.39. The van der Waals surface area contributed by atoms with Gasteiger partial charge in [0.2, 0.25) is 0 Å². The molecule has 1 unspecified atom stereocenters. The van der Waals surface area contributed by atoms with Crippen LogP contribution in [0.25, 0.3) is 0 Å². The summed E-state index contributed by atoms with van der Waals surface area (Å²) in [5.74, 6) is 1.82. The van der Waals surface area contributed by atoms with Gasteiger partial charge >= 0.3 is 0 Å². The van der Waals surface area contributed by atoms with Crippen LogP contribution < -0.4 is 10.6 Å². The predicted octanol–water partition coefficient (Wildman–Crippen LogP) is 1.96. The molecule has 1 aliphatic rings. The SMILES string of the molecule is CCOCCCNC(=NCC1CCCO1)NCCc1ccco1. The highest BCUT2D eigenvalue weighted by molar-refractivity contribution is 5.79. The average molecular weight is 323 g/mol. The van der Waals surface area contributed by atoms with Crippen LogP contribution in [0.4, 0.5) is 0 Å². The summed E-state index contributed by atoms with van der Waals surface area (Å²) in [7, 11) is 0. The van der Waals surface area contributed by atoms with Crippen LogP contribution in [0.5, 0.6) is 0 Å². The molecule has 2 heterocycles. The van der Waals surface area contributed by atoms with Crippen LogP contribution in [-0.2, 0) is 15.9 Å². The maximum absolute atomic E-state index is 5.63. The van der Waals surface area contributed by atoms with E-state index < -0.39 is 0 Å². The normalized spacial score (nSPS) is 18.3. The first-order valence-corrected chi connectivity index (χ1v) is 8.62. The molecule has 1 atom stereocenters. The van der Waals surface area contributed by atoms with E-state index in [-0.39, 0.29) is 6.10 Å². The summed E-state index contributed by atoms with van der Waals surface area (Å²) in [6, 6.07) is 3.90. The molecule has 130 valence electrons. The van der Waals surface area contributed by atoms with Crippen molar-refractivity contribution in [2.45, 2.75) is 38.7 Å². The molecule has 0 spiro atoms. The van der Waals surface area contributed by atoms with E-state index in [0.29, 0.717) is 6.54 Å². The minimum Gasteiger partial charge on any atom is -0.469 e. The van der Waals surface area contributed by atoms with Crippen molar-refractivity contribution >= 4 is 5.96 Å². The summed E-state index contributed by atoms with van der Waals surface area (Å²) in [4.78, 5) is 4.64. The van der Waals surface area contributed by atoms with Gasteiger partial charge in [0.15, 0.2) is 5.96 Å². The van der Waals surface area contributed by atoms with Gasteiger partial charge in [-0.05, 0) is 38.3 Å². The highest BCUT2D eigenvalue weighted by Crippen LogP contribution is 2.11. The van der Waals surface area contributed by atoms with Crippen molar-refractivity contribution in [3.63, 3.8) is 0 Å². The number of furan rings is 1. The third-order valence-electron chi connectivity index (χ3n) is 3.68. The smallest absolute Gasteiger partial charge is 0.191 e. The molecule has 0 aliphatic carbocycles. The third kappa shape index (κ3) is 7.52. The molecule has 6 heteroatoms. The molecule has 1 aromatic heterocycles. The van der Waals surface area contributed by atoms with Crippen molar-refractivity contribution in [2.75, 3.05) is 39.5 Å². The predicted molar refractivity (Wildman–Crippen MR) is 90.8 cm³/mol. The van der Waals surface area contributed by atoms with E-state index in [0.717, 1.165) is 70.3 Å². The Hall–Kier alpha value is -1.53. The van der Waals surface area contributed by atoms with Crippen molar-refractivity contribution < 1.29 is 13.9 Å². The van der Waals surface area contributed by atoms with E-state index in [1.54, 1.807) is 6.26 Å². The Kier molecular flexibility index (Phi) is 8.58. The number of rotatable bonds is 10. The van der Waals surface area contributed by atoms with E-state index in [1.165, 1.54) is 0 Å². The summed E-state index contributed by atoms with van der Waals surface area (Å²) in [5.41, 5.74) is 0. The maximum atomic E-state index is 5.63. The molecule has 6 nitrogen and oxygen atoms in total. The molecular formula is C17H29N3O3. The summed E-state index contributed by atoms with van der Waals surface area (Å²) < 4.78 is 16.3. The fourth-order valence-electron chi connectivity index (χ4n) is 2.44. The lowest BCUT2D eigenvalue weighted by Gasteiger charge is -2.13. The minimum absolute atomic E-state index is 0.266. The number of guanidine groups is 1. The van der Waals surface area contributed by atoms with Gasteiger partial charge < -0.3 is 24.5 Å². The van der Waals surface area contributed by atoms with Gasteiger partial charge in [0.05, 0.1) is 18.9 Å². The number of nitrogens with one attached hydrogen (secondary N) is 2. The van der Waals surface area contributed by atoms with E-state index in [2.05, 4.69) is 15.6 Å². The summed E-state index contributed by atoms with van der Waals surface area (Å²) in [6.45, 7) is 6.76. The first kappa shape index (κ1) is 17.8. The zero-order valence-electron chi connectivity index (χ0n) is 14.1. The quantitative estimate of drug-likeness (QED) is 0.391. The summed E-state index contributed by atoms with van der Waals surface area (Å²) >= 11 is 0. The van der Waals surface area contributed by atoms with E-state index in [9.17, 15) is 0 Å². The van der Waals surface area contributed by atoms with Crippen LogP contribution in [-0.4, -0.2) is 51.5 Å². The Morgan fingerprint density at radius 3 is 3.04 bits per heavy atom. The molecule has 1 saturated heterocycles. The number of hydrogen-bond acceptors (Lipinski definition) is 4. The number of hydrogen-bond donors (Lipinski definition) is 2. The second-order valence-corrected chi connectivity index (χ2v) is 5.56. The van der Waals surface area contributed by atoms with E-state index in [1.807, 2.05) is 19.1 Å². The van der Waals surface area contributed by atoms with Crippen molar-refractivity contribution in [3.8, 4) is 0 Å². The molecule has 0 saturated carbocycles. The van der Waals surface area contributed by atoms with Gasteiger partial charge in [-0.25, -0.2) is 0 Å². The largest absolute Gasteiger partial charge is 0.469 e. The Morgan fingerprint density at radius 2 is 2.30 bits per heavy atom. The molecule has 1 aliphatic heterocycles. The van der Waals surface area contributed by atoms with Crippen molar-refractivity contribution in [3.05, 3.63) is 24.2 Å². The second kappa shape index (κ2) is 11.1. The summed E-state index contributed by atoms with van der Waals surface area (Å²) in [6.07, 6.45) is 6.02. The van der Waals surface area contributed by atoms with Crippen molar-refractivity contribution in [1.82, 2.24) is 10.6 Å². The fourth-order valence-corrected chi connectivity index (χ4v) is 2.44. The Labute approximate surface area is 138 Å².